The predicted molar refractivity (Wildman–Crippen MR) is 154 cm³/mol. The first-order chi connectivity index (χ1) is 20.1. The number of ether oxygens (including phenoxy) is 1. The molecule has 1 amide bonds. The maximum absolute atomic E-state index is 12.6. The Morgan fingerprint density at radius 1 is 1.17 bits per heavy atom. The highest BCUT2D eigenvalue weighted by Gasteiger charge is 2.46. The molecule has 12 nitrogen and oxygen atoms in total. The number of fused-ring (bicyclic) bond motifs is 1. The van der Waals surface area contributed by atoms with Crippen LogP contribution in [0.4, 0.5) is 17.3 Å². The van der Waals surface area contributed by atoms with E-state index in [2.05, 4.69) is 49.8 Å². The first-order valence-corrected chi connectivity index (χ1v) is 14.0. The molecule has 5 heterocycles. The van der Waals surface area contributed by atoms with Gasteiger partial charge in [0.2, 0.25) is 5.95 Å². The average molecular weight is 555 g/mol. The van der Waals surface area contributed by atoms with Gasteiger partial charge in [0.15, 0.2) is 5.65 Å². The number of morpholine rings is 1. The Morgan fingerprint density at radius 3 is 2.71 bits per heavy atom. The van der Waals surface area contributed by atoms with Crippen molar-refractivity contribution in [1.82, 2.24) is 34.6 Å². The molecule has 0 aliphatic carbocycles. The molecule has 6 rings (SSSR count). The summed E-state index contributed by atoms with van der Waals surface area (Å²) in [7, 11) is 0. The van der Waals surface area contributed by atoms with E-state index in [9.17, 15) is 10.1 Å². The van der Waals surface area contributed by atoms with Crippen LogP contribution in [-0.4, -0.2) is 87.7 Å². The maximum Gasteiger partial charge on any atom is 0.251 e. The predicted octanol–water partition coefficient (Wildman–Crippen LogP) is 2.42. The zero-order valence-corrected chi connectivity index (χ0v) is 23.2. The zero-order chi connectivity index (χ0) is 28.2. The van der Waals surface area contributed by atoms with E-state index in [4.69, 9.17) is 9.72 Å². The number of hydrogen-bond donors (Lipinski definition) is 2. The van der Waals surface area contributed by atoms with Crippen LogP contribution >= 0.6 is 0 Å². The van der Waals surface area contributed by atoms with Crippen molar-refractivity contribution >= 4 is 28.9 Å². The molecule has 212 valence electrons. The average Bonchev–Trinajstić information content (AvgIpc) is 3.63. The summed E-state index contributed by atoms with van der Waals surface area (Å²) in [6.07, 6.45) is 7.09. The van der Waals surface area contributed by atoms with Gasteiger partial charge in [0.1, 0.15) is 5.54 Å². The number of carbonyl (C=O) groups excluding carboxylic acids is 1. The van der Waals surface area contributed by atoms with Crippen LogP contribution in [0.3, 0.4) is 0 Å². The van der Waals surface area contributed by atoms with Crippen LogP contribution in [0.25, 0.3) is 5.65 Å². The molecule has 2 saturated heterocycles. The lowest BCUT2D eigenvalue weighted by atomic mass is 9.86. The topological polar surface area (TPSA) is 129 Å². The highest BCUT2D eigenvalue weighted by atomic mass is 16.5. The molecule has 3 aromatic heterocycles. The lowest BCUT2D eigenvalue weighted by Gasteiger charge is -2.50. The number of aryl methyl sites for hydroxylation is 1. The molecule has 2 fully saturated rings. The van der Waals surface area contributed by atoms with Crippen molar-refractivity contribution in [1.29, 1.82) is 5.26 Å². The Kier molecular flexibility index (Phi) is 7.54. The first kappa shape index (κ1) is 26.7. The molecule has 0 atom stereocenters. The summed E-state index contributed by atoms with van der Waals surface area (Å²) in [6, 6.07) is 13.6. The number of hydrogen-bond acceptors (Lipinski definition) is 9. The van der Waals surface area contributed by atoms with Crippen molar-refractivity contribution in [2.45, 2.75) is 25.3 Å². The molecule has 2 aliphatic rings. The lowest BCUT2D eigenvalue weighted by Crippen LogP contribution is -2.63. The van der Waals surface area contributed by atoms with Crippen molar-refractivity contribution in [3.8, 4) is 6.07 Å². The molecule has 0 bridgehead atoms. The Hall–Kier alpha value is -4.47. The minimum Gasteiger partial charge on any atom is -0.379 e. The first-order valence-electron chi connectivity index (χ1n) is 14.0. The van der Waals surface area contributed by atoms with E-state index in [1.54, 1.807) is 16.6 Å². The summed E-state index contributed by atoms with van der Waals surface area (Å²) in [4.78, 5) is 21.8. The van der Waals surface area contributed by atoms with E-state index in [0.717, 1.165) is 61.9 Å². The van der Waals surface area contributed by atoms with Gasteiger partial charge in [-0.25, -0.2) is 4.52 Å². The van der Waals surface area contributed by atoms with E-state index in [1.165, 1.54) is 0 Å². The second-order valence-corrected chi connectivity index (χ2v) is 10.6. The number of carbonyl (C=O) groups is 1. The number of nitriles is 1. The SMILES string of the molecule is CCc1cnn(C2(CC#N)CN(c3cccn4nc(Nc5ccc(C(=O)NCCN6CCOCC6)cc5)nc34)C2)c1. The third-order valence-electron chi connectivity index (χ3n) is 7.81. The van der Waals surface area contributed by atoms with Crippen LogP contribution in [0.2, 0.25) is 0 Å². The maximum atomic E-state index is 12.6. The van der Waals surface area contributed by atoms with Crippen LogP contribution in [0.5, 0.6) is 0 Å². The molecule has 1 aromatic carbocycles. The standard InChI is InChI=1S/C29H34N10O2/c1-2-22-18-32-39(19-22)29(9-10-30)20-37(21-29)25-4-3-12-38-26(25)34-28(35-38)33-24-7-5-23(6-8-24)27(40)31-11-13-36-14-16-41-17-15-36/h3-8,12,18-19H,2,9,11,13-17,20-21H2,1H3,(H,31,40)(H,33,35). The zero-order valence-electron chi connectivity index (χ0n) is 23.2. The third-order valence-corrected chi connectivity index (χ3v) is 7.81. The number of benzene rings is 1. The Morgan fingerprint density at radius 2 is 1.98 bits per heavy atom. The molecule has 41 heavy (non-hydrogen) atoms. The van der Waals surface area contributed by atoms with Crippen LogP contribution < -0.4 is 15.5 Å². The van der Waals surface area contributed by atoms with Crippen molar-refractivity contribution in [3.05, 3.63) is 66.1 Å². The fourth-order valence-electron chi connectivity index (χ4n) is 5.40. The third kappa shape index (κ3) is 5.59. The summed E-state index contributed by atoms with van der Waals surface area (Å²) in [5.74, 6) is 0.368. The van der Waals surface area contributed by atoms with E-state index >= 15 is 0 Å². The summed E-state index contributed by atoms with van der Waals surface area (Å²) >= 11 is 0. The molecule has 0 unspecified atom stereocenters. The van der Waals surface area contributed by atoms with E-state index in [1.807, 2.05) is 41.3 Å². The molecule has 4 aromatic rings. The Labute approximate surface area is 238 Å². The number of amides is 1. The normalized spacial score (nSPS) is 16.7. The number of aromatic nitrogens is 5. The van der Waals surface area contributed by atoms with Gasteiger partial charge < -0.3 is 20.3 Å². The quantitative estimate of drug-likeness (QED) is 0.304. The lowest BCUT2D eigenvalue weighted by molar-refractivity contribution is 0.0383. The van der Waals surface area contributed by atoms with Gasteiger partial charge in [0.05, 0.1) is 37.6 Å². The summed E-state index contributed by atoms with van der Waals surface area (Å²) in [5, 5.41) is 24.9. The van der Waals surface area contributed by atoms with Crippen molar-refractivity contribution < 1.29 is 9.53 Å². The van der Waals surface area contributed by atoms with Gasteiger partial charge in [-0.1, -0.05) is 6.92 Å². The minimum atomic E-state index is -0.355. The molecule has 0 radical (unpaired) electrons. The van der Waals surface area contributed by atoms with E-state index in [-0.39, 0.29) is 11.4 Å². The van der Waals surface area contributed by atoms with Gasteiger partial charge in [-0.2, -0.15) is 15.3 Å². The Balaban J connectivity index is 1.09. The number of nitrogens with one attached hydrogen (secondary N) is 2. The Bertz CT molecular complexity index is 1540. The number of anilines is 3. The smallest absolute Gasteiger partial charge is 0.251 e. The van der Waals surface area contributed by atoms with Gasteiger partial charge in [-0.15, -0.1) is 5.10 Å². The van der Waals surface area contributed by atoms with Crippen LogP contribution in [0, 0.1) is 11.3 Å². The molecule has 0 spiro atoms. The fraction of sp³-hybridized carbons (Fsp3) is 0.414. The minimum absolute atomic E-state index is 0.0941. The molecular formula is C29H34N10O2. The van der Waals surface area contributed by atoms with Gasteiger partial charge in [-0.3, -0.25) is 14.4 Å². The van der Waals surface area contributed by atoms with Crippen molar-refractivity contribution in [2.75, 3.05) is 62.7 Å². The summed E-state index contributed by atoms with van der Waals surface area (Å²) < 4.78 is 9.07. The molecule has 12 heteroatoms. The van der Waals surface area contributed by atoms with Gasteiger partial charge in [-0.05, 0) is 48.4 Å². The number of rotatable bonds is 10. The van der Waals surface area contributed by atoms with Crippen molar-refractivity contribution in [2.24, 2.45) is 0 Å². The van der Waals surface area contributed by atoms with Gasteiger partial charge in [0, 0.05) is 62.9 Å². The second-order valence-electron chi connectivity index (χ2n) is 10.6. The van der Waals surface area contributed by atoms with Crippen LogP contribution in [0.1, 0.15) is 29.3 Å². The van der Waals surface area contributed by atoms with Crippen LogP contribution in [0.15, 0.2) is 55.0 Å². The molecular weight excluding hydrogens is 520 g/mol. The summed E-state index contributed by atoms with van der Waals surface area (Å²) in [5.41, 5.74) is 3.88. The van der Waals surface area contributed by atoms with Gasteiger partial charge in [0.25, 0.3) is 5.91 Å². The molecule has 2 N–H and O–H groups in total. The second kappa shape index (κ2) is 11.6. The number of nitrogens with zero attached hydrogens (tertiary/aromatic N) is 8. The summed E-state index contributed by atoms with van der Waals surface area (Å²) in [6.45, 7) is 8.14. The van der Waals surface area contributed by atoms with E-state index < -0.39 is 0 Å². The van der Waals surface area contributed by atoms with Crippen LogP contribution in [-0.2, 0) is 16.7 Å². The largest absolute Gasteiger partial charge is 0.379 e. The number of pyridine rings is 1. The fourth-order valence-corrected chi connectivity index (χ4v) is 5.40. The highest BCUT2D eigenvalue weighted by molar-refractivity contribution is 5.94. The van der Waals surface area contributed by atoms with E-state index in [0.29, 0.717) is 37.6 Å². The molecule has 0 saturated carbocycles. The monoisotopic (exact) mass is 554 g/mol. The van der Waals surface area contributed by atoms with Crippen molar-refractivity contribution in [3.63, 3.8) is 0 Å². The highest BCUT2D eigenvalue weighted by Crippen LogP contribution is 2.37. The molecule has 2 aliphatic heterocycles. The van der Waals surface area contributed by atoms with Gasteiger partial charge >= 0.3 is 0 Å².